The fraction of sp³-hybridized carbons (Fsp3) is 0.250. The minimum atomic E-state index is 0.444. The van der Waals surface area contributed by atoms with Gasteiger partial charge in [-0.2, -0.15) is 4.89 Å². The van der Waals surface area contributed by atoms with E-state index in [9.17, 15) is 0 Å². The van der Waals surface area contributed by atoms with E-state index in [0.29, 0.717) is 6.61 Å². The number of allylic oxidation sites excluding steroid dienone is 2. The molecule has 0 saturated heterocycles. The van der Waals surface area contributed by atoms with Crippen LogP contribution in [0.25, 0.3) is 0 Å². The standard InChI is InChI=1S/C8H12O2/c1-3-5-6-7-8-10-9-4-2/h3-4,6-7H,1-2,5,8H2/b7-6-. The van der Waals surface area contributed by atoms with Crippen molar-refractivity contribution in [2.45, 2.75) is 6.42 Å². The second kappa shape index (κ2) is 7.98. The molecule has 0 bridgehead atoms. The van der Waals surface area contributed by atoms with Crippen molar-refractivity contribution in [1.82, 2.24) is 0 Å². The Morgan fingerprint density at radius 3 is 2.60 bits per heavy atom. The van der Waals surface area contributed by atoms with Crippen LogP contribution in [0.15, 0.2) is 37.6 Å². The number of rotatable bonds is 6. The lowest BCUT2D eigenvalue weighted by Gasteiger charge is -1.92. The zero-order valence-corrected chi connectivity index (χ0v) is 5.95. The van der Waals surface area contributed by atoms with Crippen LogP contribution in [0.2, 0.25) is 0 Å². The predicted molar refractivity (Wildman–Crippen MR) is 41.2 cm³/mol. The maximum absolute atomic E-state index is 4.59. The molecule has 0 aliphatic carbocycles. The highest BCUT2D eigenvalue weighted by molar-refractivity contribution is 4.87. The summed E-state index contributed by atoms with van der Waals surface area (Å²) in [6, 6.07) is 0. The van der Waals surface area contributed by atoms with Crippen LogP contribution in [0.5, 0.6) is 0 Å². The summed E-state index contributed by atoms with van der Waals surface area (Å²) in [4.78, 5) is 8.99. The van der Waals surface area contributed by atoms with Gasteiger partial charge in [0.1, 0.15) is 12.9 Å². The van der Waals surface area contributed by atoms with Gasteiger partial charge >= 0.3 is 0 Å². The first-order valence-corrected chi connectivity index (χ1v) is 3.07. The second-order valence-corrected chi connectivity index (χ2v) is 1.54. The third kappa shape index (κ3) is 6.98. The van der Waals surface area contributed by atoms with Gasteiger partial charge in [0.25, 0.3) is 0 Å². The molecule has 0 saturated carbocycles. The fourth-order valence-electron chi connectivity index (χ4n) is 0.387. The van der Waals surface area contributed by atoms with E-state index >= 15 is 0 Å². The number of hydrogen-bond acceptors (Lipinski definition) is 2. The molecular weight excluding hydrogens is 128 g/mol. The molecule has 0 unspecified atom stereocenters. The largest absolute Gasteiger partial charge is 0.346 e. The van der Waals surface area contributed by atoms with Crippen molar-refractivity contribution in [1.29, 1.82) is 0 Å². The van der Waals surface area contributed by atoms with Gasteiger partial charge < -0.3 is 4.89 Å². The Hall–Kier alpha value is -1.02. The molecule has 10 heavy (non-hydrogen) atoms. The van der Waals surface area contributed by atoms with Crippen LogP contribution < -0.4 is 0 Å². The van der Waals surface area contributed by atoms with Crippen LogP contribution in [0.1, 0.15) is 6.42 Å². The van der Waals surface area contributed by atoms with Crippen LogP contribution in [-0.2, 0) is 9.78 Å². The highest BCUT2D eigenvalue weighted by Gasteiger charge is 1.75. The molecule has 56 valence electrons. The first-order valence-electron chi connectivity index (χ1n) is 3.07. The van der Waals surface area contributed by atoms with Crippen molar-refractivity contribution in [3.8, 4) is 0 Å². The fourth-order valence-corrected chi connectivity index (χ4v) is 0.387. The maximum atomic E-state index is 4.59. The van der Waals surface area contributed by atoms with Crippen molar-refractivity contribution in [2.24, 2.45) is 0 Å². The third-order valence-corrected chi connectivity index (χ3v) is 0.770. The van der Waals surface area contributed by atoms with E-state index in [4.69, 9.17) is 0 Å². The first kappa shape index (κ1) is 8.98. The summed E-state index contributed by atoms with van der Waals surface area (Å²) in [5, 5.41) is 0. The van der Waals surface area contributed by atoms with Gasteiger partial charge in [-0.05, 0) is 6.42 Å². The van der Waals surface area contributed by atoms with Gasteiger partial charge in [0.05, 0.1) is 0 Å². The zero-order chi connectivity index (χ0) is 7.66. The van der Waals surface area contributed by atoms with Gasteiger partial charge in [-0.3, -0.25) is 0 Å². The molecule has 0 spiro atoms. The van der Waals surface area contributed by atoms with Crippen LogP contribution in [0, 0.1) is 0 Å². The molecule has 0 aliphatic rings. The molecule has 0 atom stereocenters. The molecule has 0 radical (unpaired) electrons. The summed E-state index contributed by atoms with van der Waals surface area (Å²) in [6.45, 7) is 7.31. The predicted octanol–water partition coefficient (Wildman–Crippen LogP) is 2.21. The summed E-state index contributed by atoms with van der Waals surface area (Å²) >= 11 is 0. The average molecular weight is 140 g/mol. The summed E-state index contributed by atoms with van der Waals surface area (Å²) in [6.07, 6.45) is 7.70. The van der Waals surface area contributed by atoms with Gasteiger partial charge in [0.2, 0.25) is 0 Å². The van der Waals surface area contributed by atoms with E-state index in [1.54, 1.807) is 0 Å². The Labute approximate surface area is 61.4 Å². The van der Waals surface area contributed by atoms with Gasteiger partial charge in [-0.25, -0.2) is 0 Å². The highest BCUT2D eigenvalue weighted by atomic mass is 17.2. The van der Waals surface area contributed by atoms with E-state index in [0.717, 1.165) is 6.42 Å². The van der Waals surface area contributed by atoms with E-state index in [1.165, 1.54) is 6.26 Å². The van der Waals surface area contributed by atoms with Crippen LogP contribution in [-0.4, -0.2) is 6.61 Å². The smallest absolute Gasteiger partial charge is 0.122 e. The molecule has 0 rings (SSSR count). The molecule has 0 N–H and O–H groups in total. The van der Waals surface area contributed by atoms with Crippen molar-refractivity contribution in [2.75, 3.05) is 6.61 Å². The SMILES string of the molecule is C=CC/C=C\COOC=C. The molecule has 0 aliphatic heterocycles. The molecule has 0 aromatic carbocycles. The molecule has 2 nitrogen and oxygen atoms in total. The van der Waals surface area contributed by atoms with E-state index in [1.807, 2.05) is 18.2 Å². The Kier molecular flexibility index (Phi) is 7.17. The lowest BCUT2D eigenvalue weighted by Crippen LogP contribution is -1.85. The molecule has 0 aromatic heterocycles. The summed E-state index contributed by atoms with van der Waals surface area (Å²) in [7, 11) is 0. The van der Waals surface area contributed by atoms with Crippen LogP contribution in [0.3, 0.4) is 0 Å². The lowest BCUT2D eigenvalue weighted by atomic mass is 10.4. The first-order chi connectivity index (χ1) is 4.91. The van der Waals surface area contributed by atoms with Crippen LogP contribution in [0.4, 0.5) is 0 Å². The van der Waals surface area contributed by atoms with Gasteiger partial charge in [-0.15, -0.1) is 6.58 Å². The summed E-state index contributed by atoms with van der Waals surface area (Å²) in [5.74, 6) is 0. The average Bonchev–Trinajstić information content (AvgIpc) is 1.97. The third-order valence-electron chi connectivity index (χ3n) is 0.770. The Balaban J connectivity index is 3.01. The Bertz CT molecular complexity index is 116. The van der Waals surface area contributed by atoms with Gasteiger partial charge in [0, 0.05) is 0 Å². The molecular formula is C8H12O2. The molecule has 0 heterocycles. The zero-order valence-electron chi connectivity index (χ0n) is 5.95. The normalized spacial score (nSPS) is 9.60. The Morgan fingerprint density at radius 1 is 1.20 bits per heavy atom. The quantitative estimate of drug-likeness (QED) is 0.185. The van der Waals surface area contributed by atoms with Gasteiger partial charge in [-0.1, -0.05) is 24.8 Å². The van der Waals surface area contributed by atoms with Crippen molar-refractivity contribution in [3.05, 3.63) is 37.6 Å². The summed E-state index contributed by atoms with van der Waals surface area (Å²) in [5.41, 5.74) is 0. The molecule has 0 fully saturated rings. The summed E-state index contributed by atoms with van der Waals surface area (Å²) < 4.78 is 0. The van der Waals surface area contributed by atoms with E-state index in [2.05, 4.69) is 22.9 Å². The monoisotopic (exact) mass is 140 g/mol. The maximum Gasteiger partial charge on any atom is 0.122 e. The Morgan fingerprint density at radius 2 is 2.00 bits per heavy atom. The van der Waals surface area contributed by atoms with E-state index in [-0.39, 0.29) is 0 Å². The lowest BCUT2D eigenvalue weighted by molar-refractivity contribution is -0.238. The number of hydrogen-bond donors (Lipinski definition) is 0. The molecule has 2 heteroatoms. The highest BCUT2D eigenvalue weighted by Crippen LogP contribution is 1.84. The van der Waals surface area contributed by atoms with Crippen molar-refractivity contribution >= 4 is 0 Å². The van der Waals surface area contributed by atoms with Crippen LogP contribution >= 0.6 is 0 Å². The van der Waals surface area contributed by atoms with Crippen molar-refractivity contribution in [3.63, 3.8) is 0 Å². The minimum Gasteiger partial charge on any atom is -0.346 e. The molecule has 0 amide bonds. The van der Waals surface area contributed by atoms with Crippen molar-refractivity contribution < 1.29 is 9.78 Å². The second-order valence-electron chi connectivity index (χ2n) is 1.54. The molecule has 0 aromatic rings. The van der Waals surface area contributed by atoms with E-state index < -0.39 is 0 Å². The van der Waals surface area contributed by atoms with Gasteiger partial charge in [0.15, 0.2) is 0 Å². The topological polar surface area (TPSA) is 18.5 Å². The minimum absolute atomic E-state index is 0.444.